The second-order valence-electron chi connectivity index (χ2n) is 6.03. The van der Waals surface area contributed by atoms with Gasteiger partial charge in [-0.05, 0) is 17.7 Å². The van der Waals surface area contributed by atoms with Crippen LogP contribution in [0.4, 0.5) is 0 Å². The van der Waals surface area contributed by atoms with Gasteiger partial charge in [0.15, 0.2) is 11.5 Å². The quantitative estimate of drug-likeness (QED) is 0.640. The van der Waals surface area contributed by atoms with E-state index < -0.39 is 0 Å². The summed E-state index contributed by atoms with van der Waals surface area (Å²) in [5.41, 5.74) is 3.10. The summed E-state index contributed by atoms with van der Waals surface area (Å²) in [5, 5.41) is 0. The number of fused-ring (bicyclic) bond motifs is 8. The molecular weight excluding hydrogens is 292 g/mol. The average Bonchev–Trinajstić information content (AvgIpc) is 3.33. The molecule has 0 saturated carbocycles. The van der Waals surface area contributed by atoms with Gasteiger partial charge in [0.05, 0.1) is 5.69 Å². The van der Waals surface area contributed by atoms with Crippen LogP contribution in [0.2, 0.25) is 0 Å². The molecule has 6 rings (SSSR count). The van der Waals surface area contributed by atoms with Crippen LogP contribution in [0.25, 0.3) is 5.69 Å². The predicted octanol–water partition coefficient (Wildman–Crippen LogP) is 2.64. The van der Waals surface area contributed by atoms with Crippen molar-refractivity contribution in [3.63, 3.8) is 0 Å². The Morgan fingerprint density at radius 1 is 0.957 bits per heavy atom. The van der Waals surface area contributed by atoms with Crippen molar-refractivity contribution in [3.05, 3.63) is 65.7 Å². The highest BCUT2D eigenvalue weighted by atomic mass is 16.7. The van der Waals surface area contributed by atoms with Gasteiger partial charge in [0.2, 0.25) is 6.79 Å². The van der Waals surface area contributed by atoms with Gasteiger partial charge in [0.25, 0.3) is 0 Å². The van der Waals surface area contributed by atoms with Crippen molar-refractivity contribution >= 4 is 0 Å². The van der Waals surface area contributed by atoms with Gasteiger partial charge in [-0.3, -0.25) is 0 Å². The van der Waals surface area contributed by atoms with Gasteiger partial charge in [0, 0.05) is 24.0 Å². The van der Waals surface area contributed by atoms with Crippen molar-refractivity contribution in [3.8, 4) is 22.9 Å². The smallest absolute Gasteiger partial charge is 0.231 e. The third-order valence-corrected chi connectivity index (χ3v) is 5.02. The summed E-state index contributed by atoms with van der Waals surface area (Å²) in [5.74, 6) is 3.36. The Morgan fingerprint density at radius 2 is 1.83 bits per heavy atom. The molecule has 0 amide bonds. The predicted molar refractivity (Wildman–Crippen MR) is 81.5 cm³/mol. The SMILES string of the molecule is c1ccc2c(c1)-n1ccnc1C21COc2cc3c(cc21)OCO3. The molecule has 5 nitrogen and oxygen atoms in total. The molecule has 4 heterocycles. The van der Waals surface area contributed by atoms with Crippen LogP contribution < -0.4 is 14.2 Å². The molecule has 2 aromatic carbocycles. The highest BCUT2D eigenvalue weighted by Gasteiger charge is 2.52. The molecule has 0 saturated heterocycles. The number of nitrogens with zero attached hydrogens (tertiary/aromatic N) is 2. The van der Waals surface area contributed by atoms with Crippen molar-refractivity contribution in [2.24, 2.45) is 0 Å². The molecular formula is C18H12N2O3. The summed E-state index contributed by atoms with van der Waals surface area (Å²) >= 11 is 0. The lowest BCUT2D eigenvalue weighted by Crippen LogP contribution is -2.29. The molecule has 5 heteroatoms. The van der Waals surface area contributed by atoms with E-state index in [1.54, 1.807) is 0 Å². The van der Waals surface area contributed by atoms with E-state index in [1.165, 1.54) is 5.56 Å². The molecule has 0 aliphatic carbocycles. The number of para-hydroxylation sites is 1. The Balaban J connectivity index is 1.71. The number of hydrogen-bond donors (Lipinski definition) is 0. The molecule has 1 spiro atoms. The highest BCUT2D eigenvalue weighted by molar-refractivity contribution is 5.68. The van der Waals surface area contributed by atoms with Crippen molar-refractivity contribution in [2.75, 3.05) is 13.4 Å². The van der Waals surface area contributed by atoms with Crippen LogP contribution in [0.5, 0.6) is 17.2 Å². The van der Waals surface area contributed by atoms with E-state index in [2.05, 4.69) is 33.8 Å². The summed E-state index contributed by atoms with van der Waals surface area (Å²) in [6.45, 7) is 0.801. The zero-order valence-corrected chi connectivity index (χ0v) is 12.2. The van der Waals surface area contributed by atoms with Gasteiger partial charge in [-0.25, -0.2) is 4.98 Å². The number of ether oxygens (including phenoxy) is 3. The molecule has 3 aromatic rings. The van der Waals surface area contributed by atoms with Crippen LogP contribution in [0.15, 0.2) is 48.8 Å². The monoisotopic (exact) mass is 304 g/mol. The van der Waals surface area contributed by atoms with Crippen LogP contribution in [0.1, 0.15) is 17.0 Å². The molecule has 0 N–H and O–H groups in total. The second-order valence-corrected chi connectivity index (χ2v) is 6.03. The van der Waals surface area contributed by atoms with Crippen LogP contribution in [0, 0.1) is 0 Å². The first kappa shape index (κ1) is 11.6. The number of aromatic nitrogens is 2. The van der Waals surface area contributed by atoms with Crippen LogP contribution >= 0.6 is 0 Å². The van der Waals surface area contributed by atoms with E-state index in [0.717, 1.165) is 34.3 Å². The van der Waals surface area contributed by atoms with Gasteiger partial charge in [-0.15, -0.1) is 0 Å². The van der Waals surface area contributed by atoms with Gasteiger partial charge in [0.1, 0.15) is 23.6 Å². The molecule has 1 atom stereocenters. The molecule has 3 aliphatic rings. The Hall–Kier alpha value is -2.95. The standard InChI is InChI=1S/C18H12N2O3/c1-2-4-13-11(3-1)18(17-19-5-6-20(13)17)9-21-14-8-16-15(7-12(14)18)22-10-23-16/h1-8H,9-10H2. The Kier molecular flexibility index (Phi) is 1.86. The summed E-state index contributed by atoms with van der Waals surface area (Å²) in [7, 11) is 0. The zero-order valence-electron chi connectivity index (χ0n) is 12.2. The highest BCUT2D eigenvalue weighted by Crippen LogP contribution is 2.55. The number of benzene rings is 2. The van der Waals surface area contributed by atoms with Crippen molar-refractivity contribution in [1.82, 2.24) is 9.55 Å². The maximum absolute atomic E-state index is 6.06. The van der Waals surface area contributed by atoms with Crippen LogP contribution in [-0.2, 0) is 5.41 Å². The zero-order chi connectivity index (χ0) is 15.0. The lowest BCUT2D eigenvalue weighted by Gasteiger charge is -2.22. The lowest BCUT2D eigenvalue weighted by atomic mass is 9.76. The van der Waals surface area contributed by atoms with Gasteiger partial charge in [-0.2, -0.15) is 0 Å². The maximum atomic E-state index is 6.06. The molecule has 0 fully saturated rings. The number of hydrogen-bond acceptors (Lipinski definition) is 4. The number of rotatable bonds is 0. The minimum absolute atomic E-state index is 0.260. The first-order valence-corrected chi connectivity index (χ1v) is 7.58. The molecule has 3 aliphatic heterocycles. The first-order chi connectivity index (χ1) is 11.4. The van der Waals surface area contributed by atoms with E-state index in [0.29, 0.717) is 6.61 Å². The first-order valence-electron chi connectivity index (χ1n) is 7.58. The van der Waals surface area contributed by atoms with Crippen molar-refractivity contribution < 1.29 is 14.2 Å². The molecule has 112 valence electrons. The van der Waals surface area contributed by atoms with E-state index in [1.807, 2.05) is 24.5 Å². The van der Waals surface area contributed by atoms with E-state index in [9.17, 15) is 0 Å². The molecule has 1 unspecified atom stereocenters. The van der Waals surface area contributed by atoms with Gasteiger partial charge in [-0.1, -0.05) is 18.2 Å². The van der Waals surface area contributed by atoms with Gasteiger partial charge >= 0.3 is 0 Å². The molecule has 23 heavy (non-hydrogen) atoms. The Morgan fingerprint density at radius 3 is 2.78 bits per heavy atom. The average molecular weight is 304 g/mol. The fourth-order valence-electron chi connectivity index (χ4n) is 4.03. The molecule has 0 radical (unpaired) electrons. The van der Waals surface area contributed by atoms with Gasteiger partial charge < -0.3 is 18.8 Å². The topological polar surface area (TPSA) is 45.5 Å². The van der Waals surface area contributed by atoms with E-state index in [-0.39, 0.29) is 12.2 Å². The fourth-order valence-corrected chi connectivity index (χ4v) is 4.03. The Labute approximate surface area is 132 Å². The van der Waals surface area contributed by atoms with Crippen LogP contribution in [0.3, 0.4) is 0 Å². The largest absolute Gasteiger partial charge is 0.491 e. The third kappa shape index (κ3) is 1.20. The van der Waals surface area contributed by atoms with E-state index in [4.69, 9.17) is 14.2 Å². The molecule has 1 aromatic heterocycles. The summed E-state index contributed by atoms with van der Waals surface area (Å²) in [6.07, 6.45) is 3.85. The fraction of sp³-hybridized carbons (Fsp3) is 0.167. The second kappa shape index (κ2) is 3.68. The van der Waals surface area contributed by atoms with Crippen molar-refractivity contribution in [1.29, 1.82) is 0 Å². The normalized spacial score (nSPS) is 21.9. The summed E-state index contributed by atoms with van der Waals surface area (Å²) < 4.78 is 19.3. The van der Waals surface area contributed by atoms with Crippen molar-refractivity contribution in [2.45, 2.75) is 5.41 Å². The maximum Gasteiger partial charge on any atom is 0.231 e. The number of imidazole rings is 1. The minimum atomic E-state index is -0.379. The van der Waals surface area contributed by atoms with Crippen LogP contribution in [-0.4, -0.2) is 23.0 Å². The van der Waals surface area contributed by atoms with E-state index >= 15 is 0 Å². The third-order valence-electron chi connectivity index (χ3n) is 5.02. The summed E-state index contributed by atoms with van der Waals surface area (Å²) in [6, 6.07) is 12.4. The lowest BCUT2D eigenvalue weighted by molar-refractivity contribution is 0.173. The Bertz CT molecular complexity index is 978. The summed E-state index contributed by atoms with van der Waals surface area (Å²) in [4.78, 5) is 4.65. The molecule has 0 bridgehead atoms. The minimum Gasteiger partial charge on any atom is -0.491 e.